The normalized spacial score (nSPS) is 10.8. The molecule has 0 bridgehead atoms. The molecular weight excluding hydrogens is 348 g/mol. The first kappa shape index (κ1) is 16.4. The van der Waals surface area contributed by atoms with Gasteiger partial charge >= 0.3 is 0 Å². The summed E-state index contributed by atoms with van der Waals surface area (Å²) in [5.74, 6) is 1.04. The van der Waals surface area contributed by atoms with Crippen molar-refractivity contribution >= 4 is 22.5 Å². The first-order valence-electron chi connectivity index (χ1n) is 8.16. The molecule has 0 saturated carbocycles. The summed E-state index contributed by atoms with van der Waals surface area (Å²) in [5, 5.41) is 1.09. The number of aromatic nitrogens is 2. The Morgan fingerprint density at radius 1 is 0.962 bits per heavy atom. The molecule has 1 N–H and O–H groups in total. The van der Waals surface area contributed by atoms with Gasteiger partial charge in [-0.15, -0.1) is 0 Å². The number of nitrogens with one attached hydrogen (secondary N) is 1. The SMILES string of the molecule is O=c1[nH]c(-c2cc(Cl)ccc2OCc2ccccc2)nc2ccccc12. The summed E-state index contributed by atoms with van der Waals surface area (Å²) in [6.07, 6.45) is 0. The number of nitrogens with zero attached hydrogens (tertiary/aromatic N) is 1. The van der Waals surface area contributed by atoms with E-state index in [-0.39, 0.29) is 5.56 Å². The van der Waals surface area contributed by atoms with Crippen molar-refractivity contribution in [2.75, 3.05) is 0 Å². The highest BCUT2D eigenvalue weighted by atomic mass is 35.5. The van der Waals surface area contributed by atoms with E-state index < -0.39 is 0 Å². The van der Waals surface area contributed by atoms with Gasteiger partial charge in [-0.3, -0.25) is 4.79 Å². The minimum absolute atomic E-state index is 0.195. The molecule has 1 heterocycles. The minimum Gasteiger partial charge on any atom is -0.488 e. The number of rotatable bonds is 4. The topological polar surface area (TPSA) is 55.0 Å². The molecule has 0 spiro atoms. The lowest BCUT2D eigenvalue weighted by molar-refractivity contribution is 0.307. The van der Waals surface area contributed by atoms with Crippen molar-refractivity contribution in [3.63, 3.8) is 0 Å². The smallest absolute Gasteiger partial charge is 0.259 e. The predicted molar refractivity (Wildman–Crippen MR) is 104 cm³/mol. The number of hydrogen-bond acceptors (Lipinski definition) is 3. The summed E-state index contributed by atoms with van der Waals surface area (Å²) in [5.41, 5.74) is 2.13. The molecule has 1 aromatic heterocycles. The van der Waals surface area contributed by atoms with Crippen molar-refractivity contribution < 1.29 is 4.74 Å². The number of ether oxygens (including phenoxy) is 1. The van der Waals surface area contributed by atoms with Gasteiger partial charge in [0.15, 0.2) is 0 Å². The van der Waals surface area contributed by atoms with Crippen LogP contribution in [0.4, 0.5) is 0 Å². The van der Waals surface area contributed by atoms with Crippen LogP contribution >= 0.6 is 11.6 Å². The number of hydrogen-bond donors (Lipinski definition) is 1. The molecule has 26 heavy (non-hydrogen) atoms. The second kappa shape index (κ2) is 7.02. The third-order valence-corrected chi connectivity index (χ3v) is 4.28. The molecule has 0 radical (unpaired) electrons. The van der Waals surface area contributed by atoms with Crippen LogP contribution in [0.2, 0.25) is 5.02 Å². The summed E-state index contributed by atoms with van der Waals surface area (Å²) >= 11 is 6.17. The molecule has 0 unspecified atom stereocenters. The van der Waals surface area contributed by atoms with Gasteiger partial charge in [0.1, 0.15) is 18.2 Å². The molecule has 0 aliphatic rings. The van der Waals surface area contributed by atoms with E-state index in [4.69, 9.17) is 16.3 Å². The van der Waals surface area contributed by atoms with Gasteiger partial charge in [0.25, 0.3) is 5.56 Å². The van der Waals surface area contributed by atoms with Crippen LogP contribution in [-0.2, 0) is 6.61 Å². The fourth-order valence-electron chi connectivity index (χ4n) is 2.76. The Morgan fingerprint density at radius 2 is 1.73 bits per heavy atom. The molecule has 3 aromatic carbocycles. The van der Waals surface area contributed by atoms with Crippen molar-refractivity contribution in [3.8, 4) is 17.1 Å². The van der Waals surface area contributed by atoms with Crippen molar-refractivity contribution in [2.24, 2.45) is 0 Å². The van der Waals surface area contributed by atoms with Crippen LogP contribution in [0.5, 0.6) is 5.75 Å². The van der Waals surface area contributed by atoms with Crippen molar-refractivity contribution in [2.45, 2.75) is 6.61 Å². The molecule has 4 aromatic rings. The zero-order valence-corrected chi connectivity index (χ0v) is 14.5. The zero-order chi connectivity index (χ0) is 17.9. The number of H-pyrrole nitrogens is 1. The van der Waals surface area contributed by atoms with Gasteiger partial charge in [-0.05, 0) is 35.9 Å². The summed E-state index contributed by atoms with van der Waals surface area (Å²) in [6.45, 7) is 0.410. The molecule has 0 amide bonds. The molecule has 0 fully saturated rings. The number of para-hydroxylation sites is 1. The molecular formula is C21H15ClN2O2. The van der Waals surface area contributed by atoms with Crippen molar-refractivity contribution in [1.29, 1.82) is 0 Å². The second-order valence-electron chi connectivity index (χ2n) is 5.85. The van der Waals surface area contributed by atoms with Gasteiger partial charge < -0.3 is 9.72 Å². The average Bonchev–Trinajstić information content (AvgIpc) is 2.68. The maximum absolute atomic E-state index is 12.4. The van der Waals surface area contributed by atoms with E-state index in [0.29, 0.717) is 39.7 Å². The molecule has 0 atom stereocenters. The molecule has 0 aliphatic carbocycles. The van der Waals surface area contributed by atoms with Gasteiger partial charge in [0.2, 0.25) is 0 Å². The second-order valence-corrected chi connectivity index (χ2v) is 6.28. The Balaban J connectivity index is 1.76. The van der Waals surface area contributed by atoms with Crippen LogP contribution in [0.15, 0.2) is 77.6 Å². The summed E-state index contributed by atoms with van der Waals surface area (Å²) in [4.78, 5) is 19.8. The van der Waals surface area contributed by atoms with E-state index >= 15 is 0 Å². The number of benzene rings is 3. The molecule has 0 aliphatic heterocycles. The van der Waals surface area contributed by atoms with E-state index in [9.17, 15) is 4.79 Å². The quantitative estimate of drug-likeness (QED) is 0.566. The Kier molecular flexibility index (Phi) is 4.42. The molecule has 4 rings (SSSR count). The fourth-order valence-corrected chi connectivity index (χ4v) is 2.93. The van der Waals surface area contributed by atoms with Crippen LogP contribution in [0.1, 0.15) is 5.56 Å². The first-order valence-corrected chi connectivity index (χ1v) is 8.54. The number of halogens is 1. The lowest BCUT2D eigenvalue weighted by Crippen LogP contribution is -2.10. The number of fused-ring (bicyclic) bond motifs is 1. The third-order valence-electron chi connectivity index (χ3n) is 4.05. The van der Waals surface area contributed by atoms with Crippen LogP contribution in [-0.4, -0.2) is 9.97 Å². The highest BCUT2D eigenvalue weighted by Gasteiger charge is 2.12. The molecule has 0 saturated heterocycles. The van der Waals surface area contributed by atoms with E-state index in [1.807, 2.05) is 48.5 Å². The third kappa shape index (κ3) is 3.32. The Morgan fingerprint density at radius 3 is 2.58 bits per heavy atom. The standard InChI is InChI=1S/C21H15ClN2O2/c22-15-10-11-19(26-13-14-6-2-1-3-7-14)17(12-15)20-23-18-9-5-4-8-16(18)21(25)24-20/h1-12H,13H2,(H,23,24,25). The largest absolute Gasteiger partial charge is 0.488 e. The maximum atomic E-state index is 12.4. The lowest BCUT2D eigenvalue weighted by Gasteiger charge is -2.12. The highest BCUT2D eigenvalue weighted by Crippen LogP contribution is 2.31. The minimum atomic E-state index is -0.195. The Hall–Kier alpha value is -3.11. The Labute approximate surface area is 155 Å². The fraction of sp³-hybridized carbons (Fsp3) is 0.0476. The Bertz CT molecular complexity index is 1120. The molecule has 4 nitrogen and oxygen atoms in total. The van der Waals surface area contributed by atoms with Gasteiger partial charge in [-0.25, -0.2) is 4.98 Å². The monoisotopic (exact) mass is 362 g/mol. The highest BCUT2D eigenvalue weighted by molar-refractivity contribution is 6.30. The van der Waals surface area contributed by atoms with Gasteiger partial charge in [-0.1, -0.05) is 54.1 Å². The summed E-state index contributed by atoms with van der Waals surface area (Å²) < 4.78 is 5.96. The number of aromatic amines is 1. The zero-order valence-electron chi connectivity index (χ0n) is 13.8. The van der Waals surface area contributed by atoms with Crippen molar-refractivity contribution in [3.05, 3.63) is 93.7 Å². The maximum Gasteiger partial charge on any atom is 0.259 e. The lowest BCUT2D eigenvalue weighted by atomic mass is 10.1. The van der Waals surface area contributed by atoms with Crippen LogP contribution < -0.4 is 10.3 Å². The van der Waals surface area contributed by atoms with Gasteiger partial charge in [0, 0.05) is 5.02 Å². The molecule has 5 heteroatoms. The van der Waals surface area contributed by atoms with E-state index in [0.717, 1.165) is 5.56 Å². The van der Waals surface area contributed by atoms with Crippen LogP contribution in [0, 0.1) is 0 Å². The predicted octanol–water partition coefficient (Wildman–Crippen LogP) is 4.82. The van der Waals surface area contributed by atoms with E-state index in [1.165, 1.54) is 0 Å². The first-order chi connectivity index (χ1) is 12.7. The van der Waals surface area contributed by atoms with Gasteiger partial charge in [0.05, 0.1) is 16.5 Å². The van der Waals surface area contributed by atoms with E-state index in [1.54, 1.807) is 24.3 Å². The van der Waals surface area contributed by atoms with Crippen LogP contribution in [0.3, 0.4) is 0 Å². The summed E-state index contributed by atoms with van der Waals surface area (Å²) in [6, 6.07) is 22.4. The average molecular weight is 363 g/mol. The summed E-state index contributed by atoms with van der Waals surface area (Å²) in [7, 11) is 0. The van der Waals surface area contributed by atoms with E-state index in [2.05, 4.69) is 9.97 Å². The van der Waals surface area contributed by atoms with Crippen molar-refractivity contribution in [1.82, 2.24) is 9.97 Å². The van der Waals surface area contributed by atoms with Gasteiger partial charge in [-0.2, -0.15) is 0 Å². The van der Waals surface area contributed by atoms with Crippen LogP contribution in [0.25, 0.3) is 22.3 Å². The molecule has 128 valence electrons.